The summed E-state index contributed by atoms with van der Waals surface area (Å²) < 4.78 is 0. The van der Waals surface area contributed by atoms with Gasteiger partial charge in [-0.15, -0.1) is 0 Å². The van der Waals surface area contributed by atoms with Gasteiger partial charge in [-0.1, -0.05) is 0 Å². The molecule has 1 atom stereocenters. The Labute approximate surface area is 72.9 Å². The first-order valence-corrected chi connectivity index (χ1v) is 4.87. The summed E-state index contributed by atoms with van der Waals surface area (Å²) >= 11 is 0. The van der Waals surface area contributed by atoms with Gasteiger partial charge in [-0.25, -0.2) is 0 Å². The molecule has 2 aliphatic rings. The van der Waals surface area contributed by atoms with E-state index in [1.807, 2.05) is 0 Å². The minimum absolute atomic E-state index is 0.273. The third-order valence-electron chi connectivity index (χ3n) is 2.67. The highest BCUT2D eigenvalue weighted by Gasteiger charge is 2.29. The Bertz CT molecular complexity index is 173. The first-order valence-electron chi connectivity index (χ1n) is 4.87. The number of nitrogens with one attached hydrogen (secondary N) is 2. The summed E-state index contributed by atoms with van der Waals surface area (Å²) in [6.45, 7) is 2.01. The van der Waals surface area contributed by atoms with Crippen LogP contribution in [0.4, 0.5) is 0 Å². The van der Waals surface area contributed by atoms with Crippen molar-refractivity contribution < 1.29 is 4.79 Å². The molecule has 0 aromatic heterocycles. The van der Waals surface area contributed by atoms with E-state index in [9.17, 15) is 4.79 Å². The molecule has 0 bridgehead atoms. The van der Waals surface area contributed by atoms with Gasteiger partial charge in [0.1, 0.15) is 0 Å². The van der Waals surface area contributed by atoms with Crippen molar-refractivity contribution in [3.05, 3.63) is 0 Å². The first kappa shape index (κ1) is 8.05. The smallest absolute Gasteiger partial charge is 0.223 e. The Hall–Kier alpha value is -0.570. The predicted molar refractivity (Wildman–Crippen MR) is 46.8 cm³/mol. The molecule has 1 unspecified atom stereocenters. The number of carbonyl (C=O) groups excluding carboxylic acids is 1. The summed E-state index contributed by atoms with van der Waals surface area (Å²) in [7, 11) is 0. The topological polar surface area (TPSA) is 41.1 Å². The van der Waals surface area contributed by atoms with E-state index < -0.39 is 0 Å². The average molecular weight is 168 g/mol. The lowest BCUT2D eigenvalue weighted by atomic mass is 10.0. The maximum absolute atomic E-state index is 11.2. The van der Waals surface area contributed by atoms with Crippen LogP contribution in [0.2, 0.25) is 0 Å². The fourth-order valence-corrected chi connectivity index (χ4v) is 1.45. The second kappa shape index (κ2) is 3.44. The molecule has 3 nitrogen and oxygen atoms in total. The van der Waals surface area contributed by atoms with Crippen LogP contribution in [0.1, 0.15) is 25.7 Å². The molecular weight excluding hydrogens is 152 g/mol. The minimum Gasteiger partial charge on any atom is -0.356 e. The molecule has 1 aliphatic heterocycles. The van der Waals surface area contributed by atoms with Crippen molar-refractivity contribution in [1.29, 1.82) is 0 Å². The van der Waals surface area contributed by atoms with E-state index in [1.54, 1.807) is 0 Å². The average Bonchev–Trinajstić information content (AvgIpc) is 2.75. The van der Waals surface area contributed by atoms with E-state index in [1.165, 1.54) is 6.42 Å². The van der Waals surface area contributed by atoms with Crippen molar-refractivity contribution in [3.8, 4) is 0 Å². The van der Waals surface area contributed by atoms with E-state index in [0.717, 1.165) is 32.4 Å². The van der Waals surface area contributed by atoms with Gasteiger partial charge in [0, 0.05) is 18.5 Å². The van der Waals surface area contributed by atoms with Crippen LogP contribution in [-0.2, 0) is 4.79 Å². The highest BCUT2D eigenvalue weighted by molar-refractivity contribution is 5.80. The molecule has 0 aromatic carbocycles. The molecule has 1 amide bonds. The van der Waals surface area contributed by atoms with Gasteiger partial charge in [-0.2, -0.15) is 0 Å². The molecule has 1 aliphatic carbocycles. The van der Waals surface area contributed by atoms with Gasteiger partial charge in [0.15, 0.2) is 0 Å². The van der Waals surface area contributed by atoms with E-state index in [-0.39, 0.29) is 5.91 Å². The number of hydrogen-bond acceptors (Lipinski definition) is 2. The summed E-state index contributed by atoms with van der Waals surface area (Å²) in [5.41, 5.74) is 0. The zero-order chi connectivity index (χ0) is 8.39. The lowest BCUT2D eigenvalue weighted by Gasteiger charge is -2.27. The molecule has 3 heteroatoms. The maximum Gasteiger partial charge on any atom is 0.223 e. The molecule has 12 heavy (non-hydrogen) atoms. The quantitative estimate of drug-likeness (QED) is 0.632. The van der Waals surface area contributed by atoms with E-state index >= 15 is 0 Å². The van der Waals surface area contributed by atoms with Crippen molar-refractivity contribution in [3.63, 3.8) is 0 Å². The van der Waals surface area contributed by atoms with Crippen LogP contribution in [0.5, 0.6) is 0 Å². The second-order valence-electron chi connectivity index (χ2n) is 3.79. The summed E-state index contributed by atoms with van der Waals surface area (Å²) in [6, 6.07) is 0.671. The van der Waals surface area contributed by atoms with E-state index in [0.29, 0.717) is 12.0 Å². The van der Waals surface area contributed by atoms with Crippen LogP contribution in [0.3, 0.4) is 0 Å². The monoisotopic (exact) mass is 168 g/mol. The molecule has 1 saturated heterocycles. The Morgan fingerprint density at radius 2 is 2.17 bits per heavy atom. The molecule has 68 valence electrons. The third-order valence-corrected chi connectivity index (χ3v) is 2.67. The third kappa shape index (κ3) is 1.97. The number of carbonyl (C=O) groups is 1. The highest BCUT2D eigenvalue weighted by Crippen LogP contribution is 2.28. The van der Waals surface area contributed by atoms with Crippen molar-refractivity contribution in [2.24, 2.45) is 5.92 Å². The van der Waals surface area contributed by atoms with Crippen LogP contribution < -0.4 is 10.6 Å². The fourth-order valence-electron chi connectivity index (χ4n) is 1.45. The zero-order valence-electron chi connectivity index (χ0n) is 7.31. The van der Waals surface area contributed by atoms with Crippen LogP contribution in [-0.4, -0.2) is 25.0 Å². The van der Waals surface area contributed by atoms with E-state index in [2.05, 4.69) is 10.6 Å². The lowest BCUT2D eigenvalue weighted by molar-refractivity contribution is -0.122. The van der Waals surface area contributed by atoms with Crippen molar-refractivity contribution in [2.75, 3.05) is 13.1 Å². The molecule has 1 heterocycles. The largest absolute Gasteiger partial charge is 0.356 e. The van der Waals surface area contributed by atoms with Gasteiger partial charge in [-0.3, -0.25) is 4.79 Å². The number of hydrogen-bond donors (Lipinski definition) is 2. The summed E-state index contributed by atoms with van der Waals surface area (Å²) in [4.78, 5) is 11.2. The van der Waals surface area contributed by atoms with Gasteiger partial charge >= 0.3 is 0 Å². The summed E-state index contributed by atoms with van der Waals surface area (Å²) in [5, 5.41) is 6.28. The van der Waals surface area contributed by atoms with Crippen molar-refractivity contribution in [1.82, 2.24) is 10.6 Å². The van der Waals surface area contributed by atoms with Crippen molar-refractivity contribution >= 4 is 5.91 Å². The van der Waals surface area contributed by atoms with Gasteiger partial charge in [-0.05, 0) is 32.2 Å². The number of amides is 1. The second-order valence-corrected chi connectivity index (χ2v) is 3.79. The fraction of sp³-hybridized carbons (Fsp3) is 0.889. The Balaban J connectivity index is 1.52. The standard InChI is InChI=1S/C9H16N2O/c12-9(7-1-2-7)11-6-4-8-3-5-10-8/h7-8,10H,1-6H2,(H,11,12). The Morgan fingerprint density at radius 3 is 2.67 bits per heavy atom. The van der Waals surface area contributed by atoms with Gasteiger partial charge in [0.25, 0.3) is 0 Å². The Morgan fingerprint density at radius 1 is 1.42 bits per heavy atom. The predicted octanol–water partition coefficient (Wildman–Crippen LogP) is 0.265. The SMILES string of the molecule is O=C(NCCC1CCN1)C1CC1. The van der Waals surface area contributed by atoms with Gasteiger partial charge < -0.3 is 10.6 Å². The van der Waals surface area contributed by atoms with Crippen LogP contribution in [0, 0.1) is 5.92 Å². The first-order chi connectivity index (χ1) is 5.86. The molecule has 0 spiro atoms. The normalized spacial score (nSPS) is 27.8. The molecule has 2 rings (SSSR count). The molecule has 0 radical (unpaired) electrons. The molecular formula is C9H16N2O. The Kier molecular flexibility index (Phi) is 2.30. The van der Waals surface area contributed by atoms with E-state index in [4.69, 9.17) is 0 Å². The minimum atomic E-state index is 0.273. The maximum atomic E-state index is 11.2. The summed E-state index contributed by atoms with van der Waals surface area (Å²) in [6.07, 6.45) is 4.58. The molecule has 0 aromatic rings. The van der Waals surface area contributed by atoms with Gasteiger partial charge in [0.05, 0.1) is 0 Å². The molecule has 1 saturated carbocycles. The van der Waals surface area contributed by atoms with Crippen LogP contribution in [0.25, 0.3) is 0 Å². The zero-order valence-corrected chi connectivity index (χ0v) is 7.31. The van der Waals surface area contributed by atoms with Crippen LogP contribution >= 0.6 is 0 Å². The molecule has 2 fully saturated rings. The summed E-state index contributed by atoms with van der Waals surface area (Å²) in [5.74, 6) is 0.633. The molecule has 2 N–H and O–H groups in total. The van der Waals surface area contributed by atoms with Crippen molar-refractivity contribution in [2.45, 2.75) is 31.7 Å². The van der Waals surface area contributed by atoms with Gasteiger partial charge in [0.2, 0.25) is 5.91 Å². The highest BCUT2D eigenvalue weighted by atomic mass is 16.2. The lowest BCUT2D eigenvalue weighted by Crippen LogP contribution is -2.44. The number of rotatable bonds is 4. The van der Waals surface area contributed by atoms with Crippen LogP contribution in [0.15, 0.2) is 0 Å².